The quantitative estimate of drug-likeness (QED) is 0.833. The van der Waals surface area contributed by atoms with E-state index in [2.05, 4.69) is 35.2 Å². The molecule has 140 valence electrons. The normalized spacial score (nSPS) is 21.5. The zero-order valence-corrected chi connectivity index (χ0v) is 15.8. The highest BCUT2D eigenvalue weighted by molar-refractivity contribution is 5.83. The average molecular weight is 354 g/mol. The first-order valence-electron chi connectivity index (χ1n) is 10.2. The Bertz CT molecular complexity index is 759. The van der Waals surface area contributed by atoms with E-state index in [0.29, 0.717) is 6.04 Å². The van der Waals surface area contributed by atoms with E-state index in [1.165, 1.54) is 35.3 Å². The van der Waals surface area contributed by atoms with Crippen molar-refractivity contribution in [1.82, 2.24) is 9.80 Å². The first-order valence-corrected chi connectivity index (χ1v) is 10.2. The van der Waals surface area contributed by atoms with Gasteiger partial charge in [0.1, 0.15) is 6.10 Å². The molecule has 1 aromatic rings. The van der Waals surface area contributed by atoms with Crippen LogP contribution in [0.25, 0.3) is 11.6 Å². The van der Waals surface area contributed by atoms with E-state index in [9.17, 15) is 4.79 Å². The van der Waals surface area contributed by atoms with Gasteiger partial charge in [0.2, 0.25) is 0 Å². The summed E-state index contributed by atoms with van der Waals surface area (Å²) < 4.78 is 5.73. The zero-order valence-electron chi connectivity index (χ0n) is 15.8. The van der Waals surface area contributed by atoms with Crippen LogP contribution < -0.4 is 10.4 Å². The highest BCUT2D eigenvalue weighted by atomic mass is 16.6. The van der Waals surface area contributed by atoms with E-state index >= 15 is 0 Å². The average Bonchev–Trinajstić information content (AvgIpc) is 2.67. The summed E-state index contributed by atoms with van der Waals surface area (Å²) in [5, 5.41) is 2.77. The van der Waals surface area contributed by atoms with Gasteiger partial charge in [0.25, 0.3) is 0 Å². The van der Waals surface area contributed by atoms with Crippen LogP contribution in [-0.2, 0) is 4.74 Å². The van der Waals surface area contributed by atoms with Gasteiger partial charge in [0, 0.05) is 32.7 Å². The van der Waals surface area contributed by atoms with E-state index < -0.39 is 0 Å². The monoisotopic (exact) mass is 354 g/mol. The highest BCUT2D eigenvalue weighted by Gasteiger charge is 2.28. The van der Waals surface area contributed by atoms with Gasteiger partial charge in [0.15, 0.2) is 0 Å². The number of amides is 1. The predicted octanol–water partition coefficient (Wildman–Crippen LogP) is 2.50. The lowest BCUT2D eigenvalue weighted by Crippen LogP contribution is -2.47. The molecule has 0 bridgehead atoms. The van der Waals surface area contributed by atoms with Gasteiger partial charge in [-0.15, -0.1) is 0 Å². The second-order valence-electron chi connectivity index (χ2n) is 8.02. The van der Waals surface area contributed by atoms with Crippen LogP contribution in [0.2, 0.25) is 0 Å². The number of benzene rings is 1. The van der Waals surface area contributed by atoms with Gasteiger partial charge in [-0.1, -0.05) is 30.7 Å². The van der Waals surface area contributed by atoms with Gasteiger partial charge >= 0.3 is 6.09 Å². The number of nitrogens with zero attached hydrogens (tertiary/aromatic N) is 2. The number of rotatable bonds is 4. The Hall–Kier alpha value is -1.81. The molecular weight excluding hydrogens is 324 g/mol. The minimum absolute atomic E-state index is 0.119. The van der Waals surface area contributed by atoms with Crippen LogP contribution in [0.4, 0.5) is 4.79 Å². The lowest BCUT2D eigenvalue weighted by Gasteiger charge is -2.37. The lowest BCUT2D eigenvalue weighted by atomic mass is 9.97. The van der Waals surface area contributed by atoms with Crippen molar-refractivity contribution in [2.45, 2.75) is 57.1 Å². The van der Waals surface area contributed by atoms with Crippen molar-refractivity contribution in [2.24, 2.45) is 0 Å². The number of fused-ring (bicyclic) bond motifs is 1. The number of ether oxygens (including phenoxy) is 1. The van der Waals surface area contributed by atoms with Crippen molar-refractivity contribution < 1.29 is 9.53 Å². The Morgan fingerprint density at radius 2 is 1.85 bits per heavy atom. The summed E-state index contributed by atoms with van der Waals surface area (Å²) in [6.07, 6.45) is 10.1. The minimum Gasteiger partial charge on any atom is -0.446 e. The Balaban J connectivity index is 1.25. The summed E-state index contributed by atoms with van der Waals surface area (Å²) in [6, 6.07) is 8.92. The van der Waals surface area contributed by atoms with E-state index in [0.717, 1.165) is 45.3 Å². The van der Waals surface area contributed by atoms with Gasteiger partial charge in [-0.3, -0.25) is 4.90 Å². The van der Waals surface area contributed by atoms with Crippen LogP contribution >= 0.6 is 0 Å². The number of carbonyl (C=O) groups excluding carboxylic acids is 1. The molecule has 2 fully saturated rings. The van der Waals surface area contributed by atoms with Crippen molar-refractivity contribution >= 4 is 17.7 Å². The maximum Gasteiger partial charge on any atom is 0.410 e. The standard InChI is InChI=1S/C22H30N2O2/c1-23(22(25)26-20-8-3-2-4-9-20)19-11-13-24(14-12-19)16-18-15-17-7-5-6-10-21(17)18/h5-7,10,15,19-20H,2-4,8-9,11-14,16H2,1H3. The molecule has 0 N–H and O–H groups in total. The van der Waals surface area contributed by atoms with Crippen molar-refractivity contribution in [3.05, 3.63) is 34.7 Å². The maximum absolute atomic E-state index is 12.4. The molecule has 0 atom stereocenters. The molecule has 1 saturated carbocycles. The molecule has 26 heavy (non-hydrogen) atoms. The Morgan fingerprint density at radius 1 is 1.12 bits per heavy atom. The molecule has 3 aliphatic rings. The van der Waals surface area contributed by atoms with Gasteiger partial charge in [-0.25, -0.2) is 4.79 Å². The molecule has 1 aromatic carbocycles. The molecule has 0 aromatic heterocycles. The number of hydrogen-bond acceptors (Lipinski definition) is 3. The Morgan fingerprint density at radius 3 is 2.58 bits per heavy atom. The summed E-state index contributed by atoms with van der Waals surface area (Å²) in [5.74, 6) is 0. The van der Waals surface area contributed by atoms with E-state index in [1.54, 1.807) is 0 Å². The van der Waals surface area contributed by atoms with Gasteiger partial charge in [0.05, 0.1) is 0 Å². The fourth-order valence-electron chi connectivity index (χ4n) is 4.50. The number of piperidine rings is 1. The molecule has 4 heteroatoms. The molecule has 4 rings (SSSR count). The highest BCUT2D eigenvalue weighted by Crippen LogP contribution is 2.23. The molecular formula is C22H30N2O2. The molecule has 0 unspecified atom stereocenters. The number of hydrogen-bond donors (Lipinski definition) is 0. The fourth-order valence-corrected chi connectivity index (χ4v) is 4.50. The van der Waals surface area contributed by atoms with E-state index in [4.69, 9.17) is 4.74 Å². The third kappa shape index (κ3) is 3.80. The van der Waals surface area contributed by atoms with Gasteiger partial charge < -0.3 is 9.64 Å². The number of likely N-dealkylation sites (tertiary alicyclic amines) is 1. The van der Waals surface area contributed by atoms with E-state index in [-0.39, 0.29) is 12.2 Å². The summed E-state index contributed by atoms with van der Waals surface area (Å²) in [4.78, 5) is 16.8. The van der Waals surface area contributed by atoms with Crippen LogP contribution in [0, 0.1) is 0 Å². The van der Waals surface area contributed by atoms with Crippen LogP contribution in [0.15, 0.2) is 24.3 Å². The molecule has 0 radical (unpaired) electrons. The largest absolute Gasteiger partial charge is 0.446 e. The second kappa shape index (κ2) is 7.83. The van der Waals surface area contributed by atoms with Crippen molar-refractivity contribution in [3.63, 3.8) is 0 Å². The van der Waals surface area contributed by atoms with E-state index in [1.807, 2.05) is 11.9 Å². The Labute approximate surface area is 156 Å². The minimum atomic E-state index is -0.119. The summed E-state index contributed by atoms with van der Waals surface area (Å²) in [5.41, 5.74) is 1.45. The Kier molecular flexibility index (Phi) is 5.30. The third-order valence-corrected chi connectivity index (χ3v) is 6.24. The predicted molar refractivity (Wildman–Crippen MR) is 104 cm³/mol. The van der Waals surface area contributed by atoms with Gasteiger partial charge in [-0.05, 0) is 60.6 Å². The topological polar surface area (TPSA) is 32.8 Å². The smallest absolute Gasteiger partial charge is 0.410 e. The molecule has 1 saturated heterocycles. The first kappa shape index (κ1) is 17.6. The van der Waals surface area contributed by atoms with Crippen molar-refractivity contribution in [2.75, 3.05) is 26.7 Å². The maximum atomic E-state index is 12.4. The third-order valence-electron chi connectivity index (χ3n) is 6.24. The summed E-state index contributed by atoms with van der Waals surface area (Å²) >= 11 is 0. The van der Waals surface area contributed by atoms with Crippen LogP contribution in [0.5, 0.6) is 0 Å². The number of carbonyl (C=O) groups is 1. The van der Waals surface area contributed by atoms with Crippen molar-refractivity contribution in [3.8, 4) is 0 Å². The lowest BCUT2D eigenvalue weighted by molar-refractivity contribution is 0.0344. The van der Waals surface area contributed by atoms with Crippen LogP contribution in [0.3, 0.4) is 0 Å². The molecule has 2 aliphatic carbocycles. The van der Waals surface area contributed by atoms with Gasteiger partial charge in [-0.2, -0.15) is 0 Å². The zero-order chi connectivity index (χ0) is 17.9. The molecule has 0 spiro atoms. The molecule has 1 amide bonds. The second-order valence-corrected chi connectivity index (χ2v) is 8.02. The molecule has 4 nitrogen and oxygen atoms in total. The van der Waals surface area contributed by atoms with Crippen molar-refractivity contribution in [1.29, 1.82) is 0 Å². The SMILES string of the molecule is CN(C(=O)OC1CCCCC1)C1CCN(CC2=c3ccccc3=C2)CC1. The van der Waals surface area contributed by atoms with Crippen LogP contribution in [0.1, 0.15) is 44.9 Å². The molecule has 1 aliphatic heterocycles. The summed E-state index contributed by atoms with van der Waals surface area (Å²) in [7, 11) is 1.91. The van der Waals surface area contributed by atoms with Crippen LogP contribution in [-0.4, -0.2) is 54.7 Å². The summed E-state index contributed by atoms with van der Waals surface area (Å²) in [6.45, 7) is 3.12. The fraction of sp³-hybridized carbons (Fsp3) is 0.591. The molecule has 1 heterocycles. The first-order chi connectivity index (χ1) is 12.7.